The molecule has 18 heavy (non-hydrogen) atoms. The first-order chi connectivity index (χ1) is 8.63. The van der Waals surface area contributed by atoms with Crippen LogP contribution in [0, 0.1) is 16.0 Å². The highest BCUT2D eigenvalue weighted by Crippen LogP contribution is 2.28. The average Bonchev–Trinajstić information content (AvgIpc) is 2.84. The number of fused-ring (bicyclic) bond motifs is 1. The summed E-state index contributed by atoms with van der Waals surface area (Å²) in [5, 5.41) is 21.3. The van der Waals surface area contributed by atoms with Crippen LogP contribution in [0.4, 0.5) is 11.4 Å². The van der Waals surface area contributed by atoms with Gasteiger partial charge in [0.05, 0.1) is 10.6 Å². The van der Waals surface area contributed by atoms with Crippen molar-refractivity contribution < 1.29 is 9.55 Å². The van der Waals surface area contributed by atoms with Crippen molar-refractivity contribution in [1.29, 1.82) is 0 Å². The van der Waals surface area contributed by atoms with E-state index in [4.69, 9.17) is 0 Å². The lowest BCUT2D eigenvalue weighted by molar-refractivity contribution is -0.383. The zero-order valence-electron chi connectivity index (χ0n) is 10.2. The summed E-state index contributed by atoms with van der Waals surface area (Å²) < 4.78 is 4.59. The van der Waals surface area contributed by atoms with Gasteiger partial charge in [0.15, 0.2) is 5.52 Å². The largest absolute Gasteiger partial charge is 0.383 e. The molecule has 0 aliphatic carbocycles. The second-order valence-corrected chi connectivity index (χ2v) is 4.25. The van der Waals surface area contributed by atoms with Crippen LogP contribution in [0.1, 0.15) is 20.3 Å². The number of anilines is 1. The van der Waals surface area contributed by atoms with Crippen LogP contribution >= 0.6 is 0 Å². The Labute approximate surface area is 103 Å². The van der Waals surface area contributed by atoms with Crippen LogP contribution in [-0.4, -0.2) is 21.8 Å². The lowest BCUT2D eigenvalue weighted by atomic mass is 10.1. The summed E-state index contributed by atoms with van der Waals surface area (Å²) in [5.74, 6) is 0.509. The zero-order chi connectivity index (χ0) is 13.1. The summed E-state index contributed by atoms with van der Waals surface area (Å²) in [6.45, 7) is 5.00. The van der Waals surface area contributed by atoms with E-state index in [1.807, 2.05) is 0 Å². The third-order valence-electron chi connectivity index (χ3n) is 2.93. The smallest absolute Gasteiger partial charge is 0.300 e. The van der Waals surface area contributed by atoms with Crippen molar-refractivity contribution in [2.75, 3.05) is 11.9 Å². The predicted octanol–water partition coefficient (Wildman–Crippen LogP) is 2.59. The standard InChI is InChI=1S/C11H14N4O3/c1-3-7(2)6-12-8-4-5-9(15(16)17)11-10(8)13-18-14-11/h4-5,7,12H,3,6H2,1-2H3. The van der Waals surface area contributed by atoms with E-state index < -0.39 is 4.92 Å². The number of nitro benzene ring substituents is 1. The molecule has 1 aromatic heterocycles. The van der Waals surface area contributed by atoms with Crippen molar-refractivity contribution in [2.45, 2.75) is 20.3 Å². The molecule has 0 aliphatic rings. The molecule has 1 unspecified atom stereocenters. The van der Waals surface area contributed by atoms with Gasteiger partial charge in [-0.3, -0.25) is 10.1 Å². The third-order valence-corrected chi connectivity index (χ3v) is 2.93. The lowest BCUT2D eigenvalue weighted by Crippen LogP contribution is -2.10. The van der Waals surface area contributed by atoms with E-state index in [0.717, 1.165) is 13.0 Å². The summed E-state index contributed by atoms with van der Waals surface area (Å²) in [6.07, 6.45) is 1.06. The number of aromatic nitrogens is 2. The molecule has 96 valence electrons. The van der Waals surface area contributed by atoms with Crippen molar-refractivity contribution in [2.24, 2.45) is 5.92 Å². The van der Waals surface area contributed by atoms with Gasteiger partial charge >= 0.3 is 5.69 Å². The molecule has 0 saturated heterocycles. The third kappa shape index (κ3) is 2.24. The Morgan fingerprint density at radius 3 is 2.83 bits per heavy atom. The second-order valence-electron chi connectivity index (χ2n) is 4.25. The summed E-state index contributed by atoms with van der Waals surface area (Å²) >= 11 is 0. The molecule has 2 aromatic rings. The minimum Gasteiger partial charge on any atom is -0.383 e. The van der Waals surface area contributed by atoms with Gasteiger partial charge in [-0.1, -0.05) is 20.3 Å². The Morgan fingerprint density at radius 1 is 1.44 bits per heavy atom. The Kier molecular flexibility index (Phi) is 3.40. The zero-order valence-corrected chi connectivity index (χ0v) is 10.2. The first-order valence-electron chi connectivity index (χ1n) is 5.77. The highest BCUT2D eigenvalue weighted by Gasteiger charge is 2.19. The Balaban J connectivity index is 2.33. The predicted molar refractivity (Wildman–Crippen MR) is 66.4 cm³/mol. The molecule has 0 amide bonds. The quantitative estimate of drug-likeness (QED) is 0.647. The van der Waals surface area contributed by atoms with Crippen molar-refractivity contribution in [3.63, 3.8) is 0 Å². The van der Waals surface area contributed by atoms with Crippen molar-refractivity contribution in [3.05, 3.63) is 22.2 Å². The van der Waals surface area contributed by atoms with Crippen LogP contribution in [0.2, 0.25) is 0 Å². The van der Waals surface area contributed by atoms with E-state index in [2.05, 4.69) is 34.1 Å². The molecule has 0 bridgehead atoms. The molecule has 7 heteroatoms. The van der Waals surface area contributed by atoms with Gasteiger partial charge in [-0.05, 0) is 22.3 Å². The molecule has 1 heterocycles. The number of hydrogen-bond donors (Lipinski definition) is 1. The molecule has 1 atom stereocenters. The SMILES string of the molecule is CCC(C)CNc1ccc([N+](=O)[O-])c2nonc12. The van der Waals surface area contributed by atoms with Crippen molar-refractivity contribution in [3.8, 4) is 0 Å². The molecule has 2 rings (SSSR count). The number of benzene rings is 1. The second kappa shape index (κ2) is 4.99. The molecule has 0 fully saturated rings. The summed E-state index contributed by atoms with van der Waals surface area (Å²) in [6, 6.07) is 3.04. The molecule has 0 aliphatic heterocycles. The van der Waals surface area contributed by atoms with E-state index >= 15 is 0 Å². The monoisotopic (exact) mass is 250 g/mol. The lowest BCUT2D eigenvalue weighted by Gasteiger charge is -2.10. The Morgan fingerprint density at radius 2 is 2.17 bits per heavy atom. The van der Waals surface area contributed by atoms with Crippen LogP contribution in [0.25, 0.3) is 11.0 Å². The van der Waals surface area contributed by atoms with Gasteiger partial charge in [0.2, 0.25) is 5.52 Å². The number of nitro groups is 1. The molecular weight excluding hydrogens is 236 g/mol. The van der Waals surface area contributed by atoms with Gasteiger partial charge in [-0.15, -0.1) is 0 Å². The van der Waals surface area contributed by atoms with Crippen LogP contribution < -0.4 is 5.32 Å². The highest BCUT2D eigenvalue weighted by molar-refractivity contribution is 5.93. The van der Waals surface area contributed by atoms with Gasteiger partial charge in [0.1, 0.15) is 0 Å². The van der Waals surface area contributed by atoms with E-state index in [-0.39, 0.29) is 11.2 Å². The fraction of sp³-hybridized carbons (Fsp3) is 0.455. The summed E-state index contributed by atoms with van der Waals surface area (Å²) in [4.78, 5) is 10.3. The molecule has 0 saturated carbocycles. The summed E-state index contributed by atoms with van der Waals surface area (Å²) in [5.41, 5.74) is 1.18. The van der Waals surface area contributed by atoms with E-state index in [9.17, 15) is 10.1 Å². The van der Waals surface area contributed by atoms with E-state index in [1.54, 1.807) is 6.07 Å². The van der Waals surface area contributed by atoms with Crippen LogP contribution in [0.15, 0.2) is 16.8 Å². The molecule has 0 radical (unpaired) electrons. The maximum atomic E-state index is 10.8. The van der Waals surface area contributed by atoms with Gasteiger partial charge < -0.3 is 5.32 Å². The van der Waals surface area contributed by atoms with E-state index in [0.29, 0.717) is 17.1 Å². The number of nitrogens with zero attached hydrogens (tertiary/aromatic N) is 3. The van der Waals surface area contributed by atoms with Crippen LogP contribution in [-0.2, 0) is 0 Å². The number of hydrogen-bond acceptors (Lipinski definition) is 6. The normalized spacial score (nSPS) is 12.6. The molecular formula is C11H14N4O3. The minimum atomic E-state index is -0.495. The maximum Gasteiger partial charge on any atom is 0.300 e. The maximum absolute atomic E-state index is 10.8. The van der Waals surface area contributed by atoms with Gasteiger partial charge in [-0.2, -0.15) is 0 Å². The topological polar surface area (TPSA) is 94.1 Å². The summed E-state index contributed by atoms with van der Waals surface area (Å²) in [7, 11) is 0. The van der Waals surface area contributed by atoms with Gasteiger partial charge in [-0.25, -0.2) is 4.63 Å². The fourth-order valence-electron chi connectivity index (χ4n) is 1.57. The molecule has 1 N–H and O–H groups in total. The Bertz CT molecular complexity index is 566. The number of rotatable bonds is 5. The average molecular weight is 250 g/mol. The van der Waals surface area contributed by atoms with Gasteiger partial charge in [0.25, 0.3) is 0 Å². The van der Waals surface area contributed by atoms with Crippen molar-refractivity contribution >= 4 is 22.4 Å². The van der Waals surface area contributed by atoms with Gasteiger partial charge in [0, 0.05) is 12.6 Å². The molecule has 7 nitrogen and oxygen atoms in total. The number of nitrogens with one attached hydrogen (secondary N) is 1. The number of non-ortho nitro benzene ring substituents is 1. The van der Waals surface area contributed by atoms with E-state index in [1.165, 1.54) is 6.07 Å². The fourth-order valence-corrected chi connectivity index (χ4v) is 1.57. The molecule has 0 spiro atoms. The minimum absolute atomic E-state index is 0.0969. The molecule has 1 aromatic carbocycles. The van der Waals surface area contributed by atoms with Crippen LogP contribution in [0.3, 0.4) is 0 Å². The van der Waals surface area contributed by atoms with Crippen molar-refractivity contribution in [1.82, 2.24) is 10.3 Å². The Hall–Kier alpha value is -2.18. The van der Waals surface area contributed by atoms with Crippen LogP contribution in [0.5, 0.6) is 0 Å². The first-order valence-corrected chi connectivity index (χ1v) is 5.77. The first kappa shape index (κ1) is 12.3. The highest BCUT2D eigenvalue weighted by atomic mass is 16.6.